The van der Waals surface area contributed by atoms with E-state index in [1.165, 1.54) is 19.3 Å². The van der Waals surface area contributed by atoms with Gasteiger partial charge in [0.15, 0.2) is 0 Å². The van der Waals surface area contributed by atoms with E-state index in [4.69, 9.17) is 4.74 Å². The standard InChI is InChI=1S/C11H21NO/c1-8-3-4-9(2)11(8)12-10-5-6-13-7-10/h8-12H,3-7H2,1-2H3. The molecule has 2 fully saturated rings. The summed E-state index contributed by atoms with van der Waals surface area (Å²) in [5.41, 5.74) is 0. The Balaban J connectivity index is 1.85. The number of hydrogen-bond donors (Lipinski definition) is 1. The molecule has 3 atom stereocenters. The average molecular weight is 183 g/mol. The molecular formula is C11H21NO. The predicted octanol–water partition coefficient (Wildman–Crippen LogP) is 1.80. The van der Waals surface area contributed by atoms with Crippen LogP contribution in [0.4, 0.5) is 0 Å². The van der Waals surface area contributed by atoms with E-state index >= 15 is 0 Å². The molecule has 1 saturated heterocycles. The summed E-state index contributed by atoms with van der Waals surface area (Å²) in [6, 6.07) is 1.37. The maximum atomic E-state index is 5.38. The van der Waals surface area contributed by atoms with Crippen molar-refractivity contribution in [2.45, 2.75) is 45.2 Å². The maximum Gasteiger partial charge on any atom is 0.0620 e. The molecule has 1 saturated carbocycles. The minimum absolute atomic E-state index is 0.632. The molecule has 1 N–H and O–H groups in total. The van der Waals surface area contributed by atoms with Gasteiger partial charge in [-0.3, -0.25) is 0 Å². The molecule has 0 spiro atoms. The van der Waals surface area contributed by atoms with Gasteiger partial charge in [0.05, 0.1) is 6.61 Å². The van der Waals surface area contributed by atoms with Gasteiger partial charge in [-0.15, -0.1) is 0 Å². The van der Waals surface area contributed by atoms with Gasteiger partial charge in [-0.2, -0.15) is 0 Å². The molecule has 3 unspecified atom stereocenters. The van der Waals surface area contributed by atoms with Gasteiger partial charge in [0.1, 0.15) is 0 Å². The van der Waals surface area contributed by atoms with Gasteiger partial charge in [0, 0.05) is 18.7 Å². The molecule has 0 aromatic rings. The highest BCUT2D eigenvalue weighted by Gasteiger charge is 2.32. The lowest BCUT2D eigenvalue weighted by Gasteiger charge is -2.25. The number of ether oxygens (including phenoxy) is 1. The molecule has 13 heavy (non-hydrogen) atoms. The molecule has 2 aliphatic rings. The Bertz CT molecular complexity index is 155. The summed E-state index contributed by atoms with van der Waals surface area (Å²) in [5, 5.41) is 3.75. The van der Waals surface area contributed by atoms with Gasteiger partial charge < -0.3 is 10.1 Å². The Labute approximate surface area is 81.0 Å². The molecule has 1 aliphatic carbocycles. The van der Waals surface area contributed by atoms with Crippen LogP contribution in [0.15, 0.2) is 0 Å². The van der Waals surface area contributed by atoms with Crippen LogP contribution in [0.3, 0.4) is 0 Å². The molecule has 76 valence electrons. The topological polar surface area (TPSA) is 21.3 Å². The van der Waals surface area contributed by atoms with Crippen molar-refractivity contribution in [3.05, 3.63) is 0 Å². The normalized spacial score (nSPS) is 45.7. The second-order valence-corrected chi connectivity index (χ2v) is 4.78. The van der Waals surface area contributed by atoms with Gasteiger partial charge in [-0.25, -0.2) is 0 Å². The minimum atomic E-state index is 0.632. The third-order valence-corrected chi connectivity index (χ3v) is 3.66. The SMILES string of the molecule is CC1CCC(C)C1NC1CCOC1. The highest BCUT2D eigenvalue weighted by Crippen LogP contribution is 2.31. The molecule has 2 rings (SSSR count). The van der Waals surface area contributed by atoms with Crippen molar-refractivity contribution in [2.75, 3.05) is 13.2 Å². The van der Waals surface area contributed by atoms with Crippen molar-refractivity contribution in [3.8, 4) is 0 Å². The first-order valence-corrected chi connectivity index (χ1v) is 5.61. The van der Waals surface area contributed by atoms with Crippen LogP contribution in [0.5, 0.6) is 0 Å². The van der Waals surface area contributed by atoms with Gasteiger partial charge in [0.25, 0.3) is 0 Å². The smallest absolute Gasteiger partial charge is 0.0620 e. The van der Waals surface area contributed by atoms with Gasteiger partial charge in [-0.1, -0.05) is 13.8 Å². The Kier molecular flexibility index (Phi) is 2.89. The van der Waals surface area contributed by atoms with Gasteiger partial charge in [-0.05, 0) is 31.1 Å². The molecule has 1 heterocycles. The van der Waals surface area contributed by atoms with E-state index in [0.29, 0.717) is 6.04 Å². The third-order valence-electron chi connectivity index (χ3n) is 3.66. The van der Waals surface area contributed by atoms with Crippen LogP contribution in [-0.4, -0.2) is 25.3 Å². The highest BCUT2D eigenvalue weighted by atomic mass is 16.5. The lowest BCUT2D eigenvalue weighted by Crippen LogP contribution is -2.43. The quantitative estimate of drug-likeness (QED) is 0.705. The van der Waals surface area contributed by atoms with E-state index in [1.54, 1.807) is 0 Å². The van der Waals surface area contributed by atoms with Crippen molar-refractivity contribution in [1.29, 1.82) is 0 Å². The zero-order chi connectivity index (χ0) is 9.26. The van der Waals surface area contributed by atoms with E-state index in [9.17, 15) is 0 Å². The van der Waals surface area contributed by atoms with Crippen LogP contribution in [0.25, 0.3) is 0 Å². The van der Waals surface area contributed by atoms with E-state index in [2.05, 4.69) is 19.2 Å². The summed E-state index contributed by atoms with van der Waals surface area (Å²) >= 11 is 0. The summed E-state index contributed by atoms with van der Waals surface area (Å²) in [7, 11) is 0. The Hall–Kier alpha value is -0.0800. The van der Waals surface area contributed by atoms with E-state index in [1.807, 2.05) is 0 Å². The lowest BCUT2D eigenvalue weighted by molar-refractivity contribution is 0.184. The molecule has 2 heteroatoms. The Morgan fingerprint density at radius 3 is 2.31 bits per heavy atom. The van der Waals surface area contributed by atoms with Crippen LogP contribution in [-0.2, 0) is 4.74 Å². The number of hydrogen-bond acceptors (Lipinski definition) is 2. The lowest BCUT2D eigenvalue weighted by atomic mass is 9.99. The van der Waals surface area contributed by atoms with Crippen LogP contribution < -0.4 is 5.32 Å². The van der Waals surface area contributed by atoms with Crippen molar-refractivity contribution in [3.63, 3.8) is 0 Å². The molecule has 0 radical (unpaired) electrons. The summed E-state index contributed by atoms with van der Waals surface area (Å²) in [6.07, 6.45) is 3.99. The monoisotopic (exact) mass is 183 g/mol. The van der Waals surface area contributed by atoms with Crippen LogP contribution in [0, 0.1) is 11.8 Å². The Morgan fingerprint density at radius 1 is 1.08 bits per heavy atom. The van der Waals surface area contributed by atoms with Crippen molar-refractivity contribution >= 4 is 0 Å². The highest BCUT2D eigenvalue weighted by molar-refractivity contribution is 4.88. The van der Waals surface area contributed by atoms with Crippen molar-refractivity contribution in [2.24, 2.45) is 11.8 Å². The fourth-order valence-corrected chi connectivity index (χ4v) is 2.71. The number of nitrogens with one attached hydrogen (secondary N) is 1. The van der Waals surface area contributed by atoms with E-state index in [-0.39, 0.29) is 0 Å². The summed E-state index contributed by atoms with van der Waals surface area (Å²) in [6.45, 7) is 6.62. The molecule has 0 bridgehead atoms. The fourth-order valence-electron chi connectivity index (χ4n) is 2.71. The fraction of sp³-hybridized carbons (Fsp3) is 1.00. The first-order chi connectivity index (χ1) is 6.27. The Morgan fingerprint density at radius 2 is 1.77 bits per heavy atom. The van der Waals surface area contributed by atoms with Crippen LogP contribution in [0.1, 0.15) is 33.1 Å². The molecule has 0 aromatic carbocycles. The molecular weight excluding hydrogens is 162 g/mol. The first kappa shape index (κ1) is 9.47. The van der Waals surface area contributed by atoms with Gasteiger partial charge in [0.2, 0.25) is 0 Å². The van der Waals surface area contributed by atoms with E-state index in [0.717, 1.165) is 31.1 Å². The summed E-state index contributed by atoms with van der Waals surface area (Å²) in [4.78, 5) is 0. The van der Waals surface area contributed by atoms with Crippen LogP contribution in [0.2, 0.25) is 0 Å². The number of rotatable bonds is 2. The average Bonchev–Trinajstić information content (AvgIpc) is 2.70. The molecule has 0 aromatic heterocycles. The molecule has 1 aliphatic heterocycles. The summed E-state index contributed by atoms with van der Waals surface area (Å²) in [5.74, 6) is 1.71. The largest absolute Gasteiger partial charge is 0.380 e. The zero-order valence-corrected chi connectivity index (χ0v) is 8.75. The summed E-state index contributed by atoms with van der Waals surface area (Å²) < 4.78 is 5.38. The second-order valence-electron chi connectivity index (χ2n) is 4.78. The van der Waals surface area contributed by atoms with Crippen molar-refractivity contribution < 1.29 is 4.74 Å². The molecule has 2 nitrogen and oxygen atoms in total. The van der Waals surface area contributed by atoms with Gasteiger partial charge >= 0.3 is 0 Å². The third kappa shape index (κ3) is 2.05. The maximum absolute atomic E-state index is 5.38. The second kappa shape index (κ2) is 3.97. The molecule has 0 amide bonds. The first-order valence-electron chi connectivity index (χ1n) is 5.61. The zero-order valence-electron chi connectivity index (χ0n) is 8.75. The van der Waals surface area contributed by atoms with Crippen molar-refractivity contribution in [1.82, 2.24) is 5.32 Å². The van der Waals surface area contributed by atoms with E-state index < -0.39 is 0 Å². The predicted molar refractivity (Wildman–Crippen MR) is 53.7 cm³/mol. The minimum Gasteiger partial charge on any atom is -0.380 e. The van der Waals surface area contributed by atoms with Crippen LogP contribution >= 0.6 is 0 Å².